The summed E-state index contributed by atoms with van der Waals surface area (Å²) in [5.41, 5.74) is 0.790. The lowest BCUT2D eigenvalue weighted by Crippen LogP contribution is -2.31. The maximum Gasteiger partial charge on any atom is 0.308 e. The Labute approximate surface area is 124 Å². The zero-order valence-electron chi connectivity index (χ0n) is 12.3. The van der Waals surface area contributed by atoms with Crippen LogP contribution in [-0.4, -0.2) is 30.6 Å². The molecule has 0 saturated carbocycles. The molecule has 1 atom stereocenters. The van der Waals surface area contributed by atoms with E-state index in [2.05, 4.69) is 5.32 Å². The van der Waals surface area contributed by atoms with Crippen molar-refractivity contribution >= 4 is 18.0 Å². The first-order chi connectivity index (χ1) is 10.1. The number of hydrogen-bond donors (Lipinski definition) is 2. The van der Waals surface area contributed by atoms with E-state index in [0.717, 1.165) is 12.0 Å². The molecule has 1 aromatic rings. The molecule has 0 aromatic heterocycles. The molecule has 0 fully saturated rings. The van der Waals surface area contributed by atoms with Gasteiger partial charge in [-0.05, 0) is 18.6 Å². The molecule has 0 radical (unpaired) electrons. The normalized spacial score (nSPS) is 12.1. The molecule has 21 heavy (non-hydrogen) atoms. The molecule has 0 heterocycles. The highest BCUT2D eigenvalue weighted by Gasteiger charge is 2.16. The molecule has 0 aliphatic rings. The molecule has 1 aromatic carbocycles. The Hall–Kier alpha value is -2.30. The summed E-state index contributed by atoms with van der Waals surface area (Å²) < 4.78 is 5.18. The number of ether oxygens (including phenoxy) is 1. The molecule has 1 amide bonds. The van der Waals surface area contributed by atoms with Crippen LogP contribution in [0.25, 0.3) is 6.08 Å². The van der Waals surface area contributed by atoms with E-state index in [1.165, 1.54) is 6.08 Å². The Balaban J connectivity index is 2.57. The summed E-state index contributed by atoms with van der Waals surface area (Å²) in [5, 5.41) is 11.6. The van der Waals surface area contributed by atoms with Gasteiger partial charge in [0.05, 0.1) is 13.0 Å². The fourth-order valence-corrected chi connectivity index (χ4v) is 1.91. The van der Waals surface area contributed by atoms with Crippen LogP contribution < -0.4 is 10.1 Å². The summed E-state index contributed by atoms with van der Waals surface area (Å²) in [7, 11) is 1.56. The number of amides is 1. The van der Waals surface area contributed by atoms with Gasteiger partial charge in [-0.2, -0.15) is 0 Å². The van der Waals surface area contributed by atoms with E-state index in [9.17, 15) is 9.59 Å². The third-order valence-electron chi connectivity index (χ3n) is 3.06. The second-order valence-electron chi connectivity index (χ2n) is 4.64. The molecule has 0 aliphatic heterocycles. The van der Waals surface area contributed by atoms with E-state index >= 15 is 0 Å². The van der Waals surface area contributed by atoms with Crippen molar-refractivity contribution in [2.45, 2.75) is 19.8 Å². The van der Waals surface area contributed by atoms with E-state index in [1.54, 1.807) is 19.3 Å². The Morgan fingerprint density at radius 1 is 1.38 bits per heavy atom. The third-order valence-corrected chi connectivity index (χ3v) is 3.06. The number of carbonyl (C=O) groups excluding carboxylic acids is 1. The average Bonchev–Trinajstić information content (AvgIpc) is 2.49. The van der Waals surface area contributed by atoms with Crippen LogP contribution in [0, 0.1) is 5.92 Å². The van der Waals surface area contributed by atoms with Crippen molar-refractivity contribution in [3.8, 4) is 5.75 Å². The van der Waals surface area contributed by atoms with E-state index in [4.69, 9.17) is 9.84 Å². The van der Waals surface area contributed by atoms with Gasteiger partial charge >= 0.3 is 5.97 Å². The van der Waals surface area contributed by atoms with Crippen LogP contribution in [0.5, 0.6) is 5.75 Å². The van der Waals surface area contributed by atoms with Gasteiger partial charge in [-0.15, -0.1) is 0 Å². The van der Waals surface area contributed by atoms with E-state index in [0.29, 0.717) is 12.2 Å². The summed E-state index contributed by atoms with van der Waals surface area (Å²) in [6, 6.07) is 7.33. The number of carboxylic acid groups (broad SMARTS) is 1. The molecule has 114 valence electrons. The molecular weight excluding hydrogens is 270 g/mol. The van der Waals surface area contributed by atoms with Crippen molar-refractivity contribution in [1.82, 2.24) is 5.32 Å². The first-order valence-electron chi connectivity index (χ1n) is 6.90. The van der Waals surface area contributed by atoms with E-state index in [1.807, 2.05) is 25.1 Å². The molecule has 0 spiro atoms. The number of benzene rings is 1. The van der Waals surface area contributed by atoms with Crippen molar-refractivity contribution in [2.24, 2.45) is 5.92 Å². The van der Waals surface area contributed by atoms with Crippen molar-refractivity contribution < 1.29 is 19.4 Å². The lowest BCUT2D eigenvalue weighted by atomic mass is 10.0. The molecule has 5 heteroatoms. The van der Waals surface area contributed by atoms with Crippen LogP contribution in [-0.2, 0) is 9.59 Å². The number of nitrogens with one attached hydrogen (secondary N) is 1. The highest BCUT2D eigenvalue weighted by atomic mass is 16.5. The number of rotatable bonds is 8. The second kappa shape index (κ2) is 8.79. The Morgan fingerprint density at radius 3 is 2.71 bits per heavy atom. The maximum atomic E-state index is 11.7. The van der Waals surface area contributed by atoms with E-state index in [-0.39, 0.29) is 12.5 Å². The van der Waals surface area contributed by atoms with Crippen molar-refractivity contribution in [3.63, 3.8) is 0 Å². The fraction of sp³-hybridized carbons (Fsp3) is 0.375. The minimum atomic E-state index is -0.883. The number of hydrogen-bond acceptors (Lipinski definition) is 3. The lowest BCUT2D eigenvalue weighted by molar-refractivity contribution is -0.141. The molecule has 5 nitrogen and oxygen atoms in total. The van der Waals surface area contributed by atoms with Crippen LogP contribution in [0.4, 0.5) is 0 Å². The highest BCUT2D eigenvalue weighted by Crippen LogP contribution is 2.18. The first-order valence-corrected chi connectivity index (χ1v) is 6.90. The predicted octanol–water partition coefficient (Wildman–Crippen LogP) is 2.33. The van der Waals surface area contributed by atoms with Gasteiger partial charge in [-0.25, -0.2) is 0 Å². The minimum absolute atomic E-state index is 0.137. The van der Waals surface area contributed by atoms with Gasteiger partial charge in [-0.3, -0.25) is 9.59 Å². The summed E-state index contributed by atoms with van der Waals surface area (Å²) in [6.07, 6.45) is 4.34. The van der Waals surface area contributed by atoms with Crippen molar-refractivity contribution in [1.29, 1.82) is 0 Å². The molecule has 1 unspecified atom stereocenters. The number of carboxylic acids is 1. The Bertz CT molecular complexity index is 511. The quantitative estimate of drug-likeness (QED) is 0.721. The van der Waals surface area contributed by atoms with Gasteiger partial charge in [0.1, 0.15) is 5.75 Å². The molecule has 0 saturated heterocycles. The Kier molecular flexibility index (Phi) is 7.01. The topological polar surface area (TPSA) is 75.6 Å². The molecule has 0 aliphatic carbocycles. The van der Waals surface area contributed by atoms with Gasteiger partial charge in [0.25, 0.3) is 0 Å². The van der Waals surface area contributed by atoms with Gasteiger partial charge < -0.3 is 15.2 Å². The van der Waals surface area contributed by atoms with Crippen molar-refractivity contribution in [2.75, 3.05) is 13.7 Å². The zero-order chi connectivity index (χ0) is 15.7. The van der Waals surface area contributed by atoms with E-state index < -0.39 is 11.9 Å². The van der Waals surface area contributed by atoms with Crippen LogP contribution in [0.15, 0.2) is 30.3 Å². The molecular formula is C16H21NO4. The van der Waals surface area contributed by atoms with Crippen LogP contribution in [0.2, 0.25) is 0 Å². The molecule has 0 bridgehead atoms. The fourth-order valence-electron chi connectivity index (χ4n) is 1.91. The summed E-state index contributed by atoms with van der Waals surface area (Å²) in [4.78, 5) is 22.7. The minimum Gasteiger partial charge on any atom is -0.496 e. The Morgan fingerprint density at radius 2 is 2.10 bits per heavy atom. The number of para-hydroxylation sites is 1. The molecule has 2 N–H and O–H groups in total. The number of methoxy groups -OCH3 is 1. The highest BCUT2D eigenvalue weighted by molar-refractivity contribution is 5.92. The summed E-state index contributed by atoms with van der Waals surface area (Å²) in [6.45, 7) is 2.05. The van der Waals surface area contributed by atoms with Crippen LogP contribution >= 0.6 is 0 Å². The number of carbonyl (C=O) groups is 2. The van der Waals surface area contributed by atoms with Gasteiger partial charge in [0.15, 0.2) is 0 Å². The first kappa shape index (κ1) is 16.8. The van der Waals surface area contributed by atoms with Crippen LogP contribution in [0.1, 0.15) is 25.3 Å². The van der Waals surface area contributed by atoms with Gasteiger partial charge in [-0.1, -0.05) is 31.5 Å². The second-order valence-corrected chi connectivity index (χ2v) is 4.64. The molecule has 1 rings (SSSR count). The largest absolute Gasteiger partial charge is 0.496 e. The SMILES string of the molecule is CCCC(CNC(=O)C=Cc1ccccc1OC)C(=O)O. The predicted molar refractivity (Wildman–Crippen MR) is 81.1 cm³/mol. The number of aliphatic carboxylic acids is 1. The smallest absolute Gasteiger partial charge is 0.308 e. The van der Waals surface area contributed by atoms with Crippen molar-refractivity contribution in [3.05, 3.63) is 35.9 Å². The third kappa shape index (κ3) is 5.69. The van der Waals surface area contributed by atoms with Gasteiger partial charge in [0.2, 0.25) is 5.91 Å². The summed E-state index contributed by atoms with van der Waals surface area (Å²) >= 11 is 0. The standard InChI is InChI=1S/C16H21NO4/c1-3-6-13(16(19)20)11-17-15(18)10-9-12-7-4-5-8-14(12)21-2/h4-5,7-10,13H,3,6,11H2,1-2H3,(H,17,18)(H,19,20). The average molecular weight is 291 g/mol. The van der Waals surface area contributed by atoms with Crippen LogP contribution in [0.3, 0.4) is 0 Å². The summed E-state index contributed by atoms with van der Waals surface area (Å²) in [5.74, 6) is -1.07. The van der Waals surface area contributed by atoms with Gasteiger partial charge in [0, 0.05) is 18.2 Å². The lowest BCUT2D eigenvalue weighted by Gasteiger charge is -2.11. The zero-order valence-corrected chi connectivity index (χ0v) is 12.3. The monoisotopic (exact) mass is 291 g/mol. The maximum absolute atomic E-state index is 11.7.